The smallest absolute Gasteiger partial charge is 0.331 e. The topological polar surface area (TPSA) is 55.1 Å². The molecule has 1 aliphatic carbocycles. The largest absolute Gasteiger partial charge is 0.478 e. The van der Waals surface area contributed by atoms with Crippen LogP contribution in [0.4, 0.5) is 0 Å². The molecule has 1 N–H and O–H groups in total. The van der Waals surface area contributed by atoms with Gasteiger partial charge in [-0.3, -0.25) is 0 Å². The number of rotatable bonds is 4. The third-order valence-electron chi connectivity index (χ3n) is 3.60. The molecule has 0 aromatic carbocycles. The van der Waals surface area contributed by atoms with E-state index in [4.69, 9.17) is 5.11 Å². The van der Waals surface area contributed by atoms with Gasteiger partial charge in [0.2, 0.25) is 0 Å². The lowest BCUT2D eigenvalue weighted by Gasteiger charge is -2.13. The van der Waals surface area contributed by atoms with Crippen molar-refractivity contribution in [2.45, 2.75) is 52.5 Å². The number of aryl methyl sites for hydroxylation is 2. The maximum Gasteiger partial charge on any atom is 0.331 e. The second kappa shape index (κ2) is 5.38. The number of hydrogen-bond acceptors (Lipinski definition) is 2. The molecule has 0 spiro atoms. The fourth-order valence-corrected chi connectivity index (χ4v) is 2.56. The van der Waals surface area contributed by atoms with Crippen molar-refractivity contribution in [3.8, 4) is 0 Å². The molecule has 1 aromatic rings. The van der Waals surface area contributed by atoms with Crippen molar-refractivity contribution in [2.24, 2.45) is 0 Å². The molecule has 1 heterocycles. The van der Waals surface area contributed by atoms with Crippen LogP contribution in [0.15, 0.2) is 11.6 Å². The Morgan fingerprint density at radius 3 is 2.83 bits per heavy atom. The number of carboxylic acid groups (broad SMARTS) is 1. The maximum absolute atomic E-state index is 11.0. The molecule has 0 saturated carbocycles. The van der Waals surface area contributed by atoms with Crippen LogP contribution in [0.5, 0.6) is 0 Å². The Bertz CT molecular complexity index is 486. The number of carbonyl (C=O) groups is 1. The van der Waals surface area contributed by atoms with Crippen LogP contribution in [0.3, 0.4) is 0 Å². The summed E-state index contributed by atoms with van der Waals surface area (Å²) >= 11 is 0. The van der Waals surface area contributed by atoms with Crippen molar-refractivity contribution < 1.29 is 9.90 Å². The van der Waals surface area contributed by atoms with Gasteiger partial charge in [0.05, 0.1) is 5.69 Å². The third kappa shape index (κ3) is 2.47. The van der Waals surface area contributed by atoms with E-state index >= 15 is 0 Å². The molecular formula is C14H20N2O2. The summed E-state index contributed by atoms with van der Waals surface area (Å²) in [4.78, 5) is 15.6. The normalized spacial score (nSPS) is 15.6. The van der Waals surface area contributed by atoms with E-state index in [0.29, 0.717) is 18.5 Å². The van der Waals surface area contributed by atoms with E-state index < -0.39 is 5.97 Å². The third-order valence-corrected chi connectivity index (χ3v) is 3.60. The predicted octanol–water partition coefficient (Wildman–Crippen LogP) is 2.49. The van der Waals surface area contributed by atoms with Crippen LogP contribution in [0.2, 0.25) is 0 Å². The Hall–Kier alpha value is -1.58. The highest BCUT2D eigenvalue weighted by atomic mass is 16.4. The zero-order chi connectivity index (χ0) is 13.1. The van der Waals surface area contributed by atoms with Gasteiger partial charge in [-0.15, -0.1) is 0 Å². The van der Waals surface area contributed by atoms with Crippen LogP contribution in [0, 0.1) is 6.92 Å². The van der Waals surface area contributed by atoms with Crippen LogP contribution < -0.4 is 0 Å². The first-order valence-electron chi connectivity index (χ1n) is 6.60. The number of aliphatic carboxylic acids is 1. The summed E-state index contributed by atoms with van der Waals surface area (Å²) < 4.78 is 2.16. The van der Waals surface area contributed by atoms with E-state index in [1.54, 1.807) is 0 Å². The van der Waals surface area contributed by atoms with Gasteiger partial charge in [-0.1, -0.05) is 13.0 Å². The van der Waals surface area contributed by atoms with Crippen LogP contribution in [0.1, 0.15) is 43.4 Å². The molecular weight excluding hydrogens is 228 g/mol. The Morgan fingerprint density at radius 2 is 2.17 bits per heavy atom. The monoisotopic (exact) mass is 248 g/mol. The average molecular weight is 248 g/mol. The van der Waals surface area contributed by atoms with Crippen molar-refractivity contribution in [3.63, 3.8) is 0 Å². The van der Waals surface area contributed by atoms with Gasteiger partial charge in [0, 0.05) is 17.8 Å². The lowest BCUT2D eigenvalue weighted by molar-refractivity contribution is -0.132. The summed E-state index contributed by atoms with van der Waals surface area (Å²) in [6.07, 6.45) is 6.93. The molecule has 0 atom stereocenters. The van der Waals surface area contributed by atoms with Crippen molar-refractivity contribution in [1.82, 2.24) is 9.55 Å². The van der Waals surface area contributed by atoms with Crippen LogP contribution >= 0.6 is 0 Å². The fourth-order valence-electron chi connectivity index (χ4n) is 2.56. The van der Waals surface area contributed by atoms with Gasteiger partial charge in [-0.2, -0.15) is 0 Å². The molecule has 2 rings (SSSR count). The zero-order valence-corrected chi connectivity index (χ0v) is 11.1. The molecule has 4 nitrogen and oxygen atoms in total. The van der Waals surface area contributed by atoms with Crippen molar-refractivity contribution in [1.29, 1.82) is 0 Å². The lowest BCUT2D eigenvalue weighted by atomic mass is 10.0. The SMILES string of the molecule is CCC(=CCn1c(C)nc2c1CCCC2)C(=O)O. The van der Waals surface area contributed by atoms with Gasteiger partial charge in [0.1, 0.15) is 5.82 Å². The summed E-state index contributed by atoms with van der Waals surface area (Å²) in [6, 6.07) is 0. The number of nitrogens with zero attached hydrogens (tertiary/aromatic N) is 2. The minimum absolute atomic E-state index is 0.479. The molecule has 1 aromatic heterocycles. The maximum atomic E-state index is 11.0. The van der Waals surface area contributed by atoms with Gasteiger partial charge in [0.25, 0.3) is 0 Å². The number of allylic oxidation sites excluding steroid dienone is 1. The minimum Gasteiger partial charge on any atom is -0.478 e. The molecule has 0 bridgehead atoms. The highest BCUT2D eigenvalue weighted by Gasteiger charge is 2.17. The summed E-state index contributed by atoms with van der Waals surface area (Å²) in [7, 11) is 0. The number of fused-ring (bicyclic) bond motifs is 1. The standard InChI is InChI=1S/C14H20N2O2/c1-3-11(14(17)18)8-9-16-10(2)15-12-6-4-5-7-13(12)16/h8H,3-7,9H2,1-2H3,(H,17,18). The molecule has 0 saturated heterocycles. The first-order valence-corrected chi connectivity index (χ1v) is 6.60. The molecule has 0 amide bonds. The van der Waals surface area contributed by atoms with E-state index in [-0.39, 0.29) is 0 Å². The molecule has 18 heavy (non-hydrogen) atoms. The summed E-state index contributed by atoms with van der Waals surface area (Å²) in [5, 5.41) is 9.02. The lowest BCUT2D eigenvalue weighted by Crippen LogP contribution is -2.10. The van der Waals surface area contributed by atoms with Crippen molar-refractivity contribution >= 4 is 5.97 Å². The zero-order valence-electron chi connectivity index (χ0n) is 11.1. The number of hydrogen-bond donors (Lipinski definition) is 1. The molecule has 4 heteroatoms. The van der Waals surface area contributed by atoms with Crippen LogP contribution in [-0.4, -0.2) is 20.6 Å². The Labute approximate surface area is 107 Å². The summed E-state index contributed by atoms with van der Waals surface area (Å²) in [5.74, 6) is 0.183. The van der Waals surface area contributed by atoms with Gasteiger partial charge < -0.3 is 9.67 Å². The first-order chi connectivity index (χ1) is 8.63. The van der Waals surface area contributed by atoms with Gasteiger partial charge in [-0.05, 0) is 39.0 Å². The average Bonchev–Trinajstić information content (AvgIpc) is 2.66. The van der Waals surface area contributed by atoms with Gasteiger partial charge in [-0.25, -0.2) is 9.78 Å². The second-order valence-electron chi connectivity index (χ2n) is 4.76. The highest BCUT2D eigenvalue weighted by molar-refractivity contribution is 5.86. The minimum atomic E-state index is -0.816. The van der Waals surface area contributed by atoms with E-state index in [0.717, 1.165) is 18.7 Å². The van der Waals surface area contributed by atoms with E-state index in [9.17, 15) is 4.79 Å². The van der Waals surface area contributed by atoms with E-state index in [1.807, 2.05) is 19.9 Å². The molecule has 98 valence electrons. The first kappa shape index (κ1) is 12.9. The van der Waals surface area contributed by atoms with Crippen molar-refractivity contribution in [2.75, 3.05) is 0 Å². The highest BCUT2D eigenvalue weighted by Crippen LogP contribution is 2.22. The molecule has 1 aliphatic rings. The van der Waals surface area contributed by atoms with Gasteiger partial charge in [0.15, 0.2) is 0 Å². The molecule has 0 unspecified atom stereocenters. The molecule has 0 aliphatic heterocycles. The van der Waals surface area contributed by atoms with Crippen molar-refractivity contribution in [3.05, 3.63) is 28.9 Å². The Morgan fingerprint density at radius 1 is 1.44 bits per heavy atom. The van der Waals surface area contributed by atoms with E-state index in [1.165, 1.54) is 24.2 Å². The quantitative estimate of drug-likeness (QED) is 0.833. The predicted molar refractivity (Wildman–Crippen MR) is 69.6 cm³/mol. The molecule has 0 radical (unpaired) electrons. The van der Waals surface area contributed by atoms with E-state index in [2.05, 4.69) is 9.55 Å². The number of carboxylic acids is 1. The number of aromatic nitrogens is 2. The number of imidazole rings is 1. The summed E-state index contributed by atoms with van der Waals surface area (Å²) in [6.45, 7) is 4.50. The van der Waals surface area contributed by atoms with Crippen LogP contribution in [0.25, 0.3) is 0 Å². The van der Waals surface area contributed by atoms with Crippen LogP contribution in [-0.2, 0) is 24.2 Å². The summed E-state index contributed by atoms with van der Waals surface area (Å²) in [5.41, 5.74) is 2.99. The molecule has 0 fully saturated rings. The fraction of sp³-hybridized carbons (Fsp3) is 0.571. The van der Waals surface area contributed by atoms with Gasteiger partial charge >= 0.3 is 5.97 Å². The second-order valence-corrected chi connectivity index (χ2v) is 4.76. The Kier molecular flexibility index (Phi) is 3.84. The Balaban J connectivity index is 2.24.